The van der Waals surface area contributed by atoms with E-state index in [0.29, 0.717) is 12.8 Å². The van der Waals surface area contributed by atoms with Crippen molar-refractivity contribution in [1.29, 1.82) is 0 Å². The van der Waals surface area contributed by atoms with Crippen molar-refractivity contribution >= 4 is 5.91 Å². The molecule has 3 unspecified atom stereocenters. The van der Waals surface area contributed by atoms with Gasteiger partial charge in [-0.1, -0.05) is 277 Å². The minimum atomic E-state index is -0.744. The second-order valence-electron chi connectivity index (χ2n) is 18.1. The summed E-state index contributed by atoms with van der Waals surface area (Å²) in [5, 5.41) is 33.6. The van der Waals surface area contributed by atoms with E-state index in [1.54, 1.807) is 0 Å². The van der Waals surface area contributed by atoms with Gasteiger partial charge in [0.25, 0.3) is 0 Å². The molecule has 0 aromatic rings. The third-order valence-corrected chi connectivity index (χ3v) is 12.4. The van der Waals surface area contributed by atoms with Crippen molar-refractivity contribution in [3.05, 3.63) is 0 Å². The van der Waals surface area contributed by atoms with Crippen molar-refractivity contribution in [2.45, 2.75) is 315 Å². The van der Waals surface area contributed by atoms with Crippen LogP contribution in [0.15, 0.2) is 0 Å². The fourth-order valence-corrected chi connectivity index (χ4v) is 8.47. The molecule has 5 heteroatoms. The van der Waals surface area contributed by atoms with Gasteiger partial charge in [0.1, 0.15) is 0 Å². The SMILES string of the molecule is CCCCCCCCCCCCCCCCCCCCCCCC(O)C(CO)NC(=O)CC(O)CCCCCCCCCCCCCCCCCCCCCC. The number of rotatable bonds is 48. The van der Waals surface area contributed by atoms with Gasteiger partial charge in [0.05, 0.1) is 31.3 Å². The lowest BCUT2D eigenvalue weighted by Crippen LogP contribution is -2.46. The molecule has 0 aliphatic heterocycles. The largest absolute Gasteiger partial charge is 0.394 e. The van der Waals surface area contributed by atoms with Crippen LogP contribution in [0.5, 0.6) is 0 Å². The van der Waals surface area contributed by atoms with Gasteiger partial charge in [0, 0.05) is 0 Å². The zero-order chi connectivity index (χ0) is 40.8. The molecule has 0 rings (SSSR count). The summed E-state index contributed by atoms with van der Waals surface area (Å²) in [7, 11) is 0. The number of unbranched alkanes of at least 4 members (excludes halogenated alkanes) is 39. The molecule has 1 amide bonds. The lowest BCUT2D eigenvalue weighted by Gasteiger charge is -2.23. The van der Waals surface area contributed by atoms with Gasteiger partial charge >= 0.3 is 0 Å². The summed E-state index contributed by atoms with van der Waals surface area (Å²) in [6.45, 7) is 4.30. The molecular formula is C51H103NO4. The standard InChI is InChI=1S/C51H103NO4/c1-3-5-7-9-11-13-15-17-19-21-23-25-27-29-31-33-35-37-39-41-43-45-50(55)49(47-53)52-51(56)46-48(54)44-42-40-38-36-34-32-30-28-26-24-22-20-18-16-14-12-10-8-6-4-2/h48-50,53-55H,3-47H2,1-2H3,(H,52,56). The number of carbonyl (C=O) groups excluding carboxylic acids is 1. The van der Waals surface area contributed by atoms with Crippen molar-refractivity contribution in [1.82, 2.24) is 5.32 Å². The van der Waals surface area contributed by atoms with Crippen LogP contribution in [0.1, 0.15) is 296 Å². The van der Waals surface area contributed by atoms with Crippen LogP contribution in [0.2, 0.25) is 0 Å². The normalized spacial score (nSPS) is 13.3. The molecule has 0 saturated heterocycles. The smallest absolute Gasteiger partial charge is 0.222 e. The second-order valence-corrected chi connectivity index (χ2v) is 18.1. The molecule has 0 aliphatic rings. The first-order chi connectivity index (χ1) is 27.5. The Bertz CT molecular complexity index is 747. The number of hydrogen-bond donors (Lipinski definition) is 4. The quantitative estimate of drug-likeness (QED) is 0.0462. The Morgan fingerprint density at radius 1 is 0.375 bits per heavy atom. The number of carbonyl (C=O) groups is 1. The van der Waals surface area contributed by atoms with Gasteiger partial charge in [-0.15, -0.1) is 0 Å². The Kier molecular flexibility index (Phi) is 46.5. The van der Waals surface area contributed by atoms with Crippen molar-refractivity contribution in [3.8, 4) is 0 Å². The van der Waals surface area contributed by atoms with E-state index < -0.39 is 18.2 Å². The monoisotopic (exact) mass is 794 g/mol. The Balaban J connectivity index is 3.52. The van der Waals surface area contributed by atoms with Crippen LogP contribution in [0.3, 0.4) is 0 Å². The minimum absolute atomic E-state index is 0.0434. The average molecular weight is 794 g/mol. The Hall–Kier alpha value is -0.650. The summed E-state index contributed by atoms with van der Waals surface area (Å²) in [6, 6.07) is -0.653. The summed E-state index contributed by atoms with van der Waals surface area (Å²) >= 11 is 0. The van der Waals surface area contributed by atoms with E-state index in [0.717, 1.165) is 25.7 Å². The molecule has 56 heavy (non-hydrogen) atoms. The van der Waals surface area contributed by atoms with Gasteiger partial charge in [0.2, 0.25) is 5.91 Å². The summed E-state index contributed by atoms with van der Waals surface area (Å²) in [4.78, 5) is 12.5. The van der Waals surface area contributed by atoms with Crippen LogP contribution in [0, 0.1) is 0 Å². The lowest BCUT2D eigenvalue weighted by molar-refractivity contribution is -0.125. The Labute approximate surface area is 351 Å². The zero-order valence-corrected chi connectivity index (χ0v) is 38.3. The van der Waals surface area contributed by atoms with Crippen LogP contribution < -0.4 is 5.32 Å². The summed E-state index contributed by atoms with van der Waals surface area (Å²) < 4.78 is 0. The molecule has 0 radical (unpaired) electrons. The maximum Gasteiger partial charge on any atom is 0.222 e. The van der Waals surface area contributed by atoms with Gasteiger partial charge in [-0.05, 0) is 12.8 Å². The van der Waals surface area contributed by atoms with Crippen LogP contribution in [-0.2, 0) is 4.79 Å². The molecule has 336 valence electrons. The van der Waals surface area contributed by atoms with E-state index in [-0.39, 0.29) is 18.9 Å². The highest BCUT2D eigenvalue weighted by molar-refractivity contribution is 5.76. The lowest BCUT2D eigenvalue weighted by atomic mass is 10.0. The zero-order valence-electron chi connectivity index (χ0n) is 38.3. The van der Waals surface area contributed by atoms with Crippen LogP contribution >= 0.6 is 0 Å². The molecular weight excluding hydrogens is 691 g/mol. The Morgan fingerprint density at radius 3 is 0.857 bits per heavy atom. The van der Waals surface area contributed by atoms with Crippen LogP contribution in [0.4, 0.5) is 0 Å². The highest BCUT2D eigenvalue weighted by Gasteiger charge is 2.21. The maximum absolute atomic E-state index is 12.5. The fraction of sp³-hybridized carbons (Fsp3) is 0.980. The fourth-order valence-electron chi connectivity index (χ4n) is 8.47. The first-order valence-corrected chi connectivity index (χ1v) is 25.8. The van der Waals surface area contributed by atoms with E-state index in [9.17, 15) is 20.1 Å². The summed E-state index contributed by atoms with van der Waals surface area (Å²) in [5.41, 5.74) is 0. The highest BCUT2D eigenvalue weighted by Crippen LogP contribution is 2.18. The number of aliphatic hydroxyl groups is 3. The third kappa shape index (κ3) is 42.9. The number of aliphatic hydroxyl groups excluding tert-OH is 3. The van der Waals surface area contributed by atoms with E-state index in [2.05, 4.69) is 19.2 Å². The average Bonchev–Trinajstić information content (AvgIpc) is 3.19. The predicted octanol–water partition coefficient (Wildman–Crippen LogP) is 15.4. The summed E-state index contributed by atoms with van der Waals surface area (Å²) in [6.07, 6.45) is 55.2. The third-order valence-electron chi connectivity index (χ3n) is 12.4. The van der Waals surface area contributed by atoms with Gasteiger partial charge < -0.3 is 20.6 Å². The van der Waals surface area contributed by atoms with Crippen molar-refractivity contribution < 1.29 is 20.1 Å². The molecule has 0 aromatic carbocycles. The highest BCUT2D eigenvalue weighted by atomic mass is 16.3. The van der Waals surface area contributed by atoms with Gasteiger partial charge in [-0.2, -0.15) is 0 Å². The molecule has 0 aromatic heterocycles. The predicted molar refractivity (Wildman–Crippen MR) is 246 cm³/mol. The van der Waals surface area contributed by atoms with Crippen LogP contribution in [0.25, 0.3) is 0 Å². The maximum atomic E-state index is 12.5. The molecule has 4 N–H and O–H groups in total. The first kappa shape index (κ1) is 55.4. The topological polar surface area (TPSA) is 89.8 Å². The van der Waals surface area contributed by atoms with E-state index in [4.69, 9.17) is 0 Å². The molecule has 0 aliphatic carbocycles. The Morgan fingerprint density at radius 2 is 0.607 bits per heavy atom. The molecule has 0 heterocycles. The molecule has 0 fully saturated rings. The number of hydrogen-bond acceptors (Lipinski definition) is 4. The molecule has 0 bridgehead atoms. The molecule has 3 atom stereocenters. The van der Waals surface area contributed by atoms with E-state index in [1.165, 1.54) is 238 Å². The van der Waals surface area contributed by atoms with Crippen LogP contribution in [-0.4, -0.2) is 46.1 Å². The minimum Gasteiger partial charge on any atom is -0.394 e. The van der Waals surface area contributed by atoms with Crippen molar-refractivity contribution in [3.63, 3.8) is 0 Å². The second kappa shape index (κ2) is 47.0. The van der Waals surface area contributed by atoms with Gasteiger partial charge in [0.15, 0.2) is 0 Å². The van der Waals surface area contributed by atoms with E-state index in [1.807, 2.05) is 0 Å². The van der Waals surface area contributed by atoms with Crippen molar-refractivity contribution in [2.75, 3.05) is 6.61 Å². The van der Waals surface area contributed by atoms with Gasteiger partial charge in [-0.25, -0.2) is 0 Å². The first-order valence-electron chi connectivity index (χ1n) is 25.8. The van der Waals surface area contributed by atoms with Gasteiger partial charge in [-0.3, -0.25) is 4.79 Å². The molecule has 0 spiro atoms. The van der Waals surface area contributed by atoms with Crippen molar-refractivity contribution in [2.24, 2.45) is 0 Å². The number of nitrogens with one attached hydrogen (secondary N) is 1. The number of amides is 1. The molecule has 5 nitrogen and oxygen atoms in total. The molecule has 0 saturated carbocycles. The summed E-state index contributed by atoms with van der Waals surface area (Å²) in [5.74, 6) is -0.275. The van der Waals surface area contributed by atoms with E-state index >= 15 is 0 Å².